The van der Waals surface area contributed by atoms with Crippen molar-refractivity contribution in [2.45, 2.75) is 0 Å². The van der Waals surface area contributed by atoms with Crippen LogP contribution in [0.4, 0.5) is 0 Å². The molecule has 0 saturated carbocycles. The standard InChI is InChI=1S/C18H16BrN3OS2/c1-3-10-20-18-22(15(12-24-18)16-8-9-17(19)25-16)21-11-13-4-6-14(23-2)7-5-13/h3-9,11-12H,1,10H2,2H3/b20-18?,21-11+. The quantitative estimate of drug-likeness (QED) is 0.397. The Balaban J connectivity index is 2.00. The Bertz CT molecular complexity index is 951. The molecule has 0 bridgehead atoms. The highest BCUT2D eigenvalue weighted by Crippen LogP contribution is 2.31. The summed E-state index contributed by atoms with van der Waals surface area (Å²) in [4.78, 5) is 6.51. The number of rotatable bonds is 6. The predicted octanol–water partition coefficient (Wildman–Crippen LogP) is 5.02. The van der Waals surface area contributed by atoms with E-state index in [-0.39, 0.29) is 0 Å². The Hall–Kier alpha value is -1.96. The van der Waals surface area contributed by atoms with Crippen LogP contribution in [0.1, 0.15) is 5.56 Å². The first-order valence-corrected chi connectivity index (χ1v) is 9.96. The normalized spacial score (nSPS) is 12.0. The number of ether oxygens (including phenoxy) is 1. The van der Waals surface area contributed by atoms with E-state index in [1.165, 1.54) is 0 Å². The van der Waals surface area contributed by atoms with Crippen molar-refractivity contribution in [2.75, 3.05) is 13.7 Å². The number of thiophene rings is 1. The van der Waals surface area contributed by atoms with Crippen LogP contribution >= 0.6 is 38.6 Å². The second-order valence-corrected chi connectivity index (χ2v) is 8.27. The largest absolute Gasteiger partial charge is 0.497 e. The maximum atomic E-state index is 5.19. The number of nitrogens with zero attached hydrogens (tertiary/aromatic N) is 3. The minimum atomic E-state index is 0.562. The summed E-state index contributed by atoms with van der Waals surface area (Å²) >= 11 is 6.75. The van der Waals surface area contributed by atoms with Crippen LogP contribution in [-0.2, 0) is 0 Å². The van der Waals surface area contributed by atoms with Crippen LogP contribution in [0.3, 0.4) is 0 Å². The molecule has 0 aliphatic rings. The molecule has 0 amide bonds. The zero-order chi connectivity index (χ0) is 17.6. The summed E-state index contributed by atoms with van der Waals surface area (Å²) in [5.74, 6) is 0.825. The van der Waals surface area contributed by atoms with E-state index in [0.29, 0.717) is 6.54 Å². The highest BCUT2D eigenvalue weighted by molar-refractivity contribution is 9.11. The second kappa shape index (κ2) is 8.42. The van der Waals surface area contributed by atoms with Crippen LogP contribution in [0.15, 0.2) is 68.3 Å². The lowest BCUT2D eigenvalue weighted by atomic mass is 10.2. The minimum Gasteiger partial charge on any atom is -0.497 e. The topological polar surface area (TPSA) is 38.9 Å². The van der Waals surface area contributed by atoms with E-state index in [1.54, 1.807) is 35.9 Å². The molecule has 0 saturated heterocycles. The van der Waals surface area contributed by atoms with Gasteiger partial charge in [0.05, 0.1) is 34.2 Å². The van der Waals surface area contributed by atoms with Crippen molar-refractivity contribution in [1.29, 1.82) is 0 Å². The summed E-state index contributed by atoms with van der Waals surface area (Å²) in [7, 11) is 1.66. The summed E-state index contributed by atoms with van der Waals surface area (Å²) in [5.41, 5.74) is 2.01. The van der Waals surface area contributed by atoms with Crippen molar-refractivity contribution in [3.05, 3.63) is 68.6 Å². The molecule has 0 radical (unpaired) electrons. The Morgan fingerprint density at radius 3 is 2.68 bits per heavy atom. The lowest BCUT2D eigenvalue weighted by molar-refractivity contribution is 0.415. The number of hydrogen-bond acceptors (Lipinski definition) is 5. The van der Waals surface area contributed by atoms with E-state index >= 15 is 0 Å². The molecule has 3 rings (SSSR count). The molecule has 25 heavy (non-hydrogen) atoms. The summed E-state index contributed by atoms with van der Waals surface area (Å²) < 4.78 is 8.15. The third kappa shape index (κ3) is 4.36. The number of halogens is 1. The molecule has 0 unspecified atom stereocenters. The summed E-state index contributed by atoms with van der Waals surface area (Å²) in [5, 5.41) is 6.73. The molecule has 0 spiro atoms. The molecule has 3 aromatic rings. The third-order valence-electron chi connectivity index (χ3n) is 3.30. The molecular formula is C18H16BrN3OS2. The first kappa shape index (κ1) is 17.8. The van der Waals surface area contributed by atoms with Crippen LogP contribution < -0.4 is 9.54 Å². The number of benzene rings is 1. The van der Waals surface area contributed by atoms with E-state index in [0.717, 1.165) is 30.5 Å². The Kier molecular flexibility index (Phi) is 6.01. The zero-order valence-electron chi connectivity index (χ0n) is 13.6. The van der Waals surface area contributed by atoms with Gasteiger partial charge in [-0.05, 0) is 57.9 Å². The molecular weight excluding hydrogens is 418 g/mol. The van der Waals surface area contributed by atoms with Gasteiger partial charge in [-0.3, -0.25) is 4.99 Å². The molecule has 0 aliphatic heterocycles. The van der Waals surface area contributed by atoms with Gasteiger partial charge in [0.25, 0.3) is 0 Å². The average molecular weight is 434 g/mol. The fourth-order valence-corrected chi connectivity index (χ4v) is 4.40. The van der Waals surface area contributed by atoms with E-state index < -0.39 is 0 Å². The molecule has 2 heterocycles. The first-order valence-electron chi connectivity index (χ1n) is 7.47. The Labute approximate surface area is 162 Å². The molecule has 0 aliphatic carbocycles. The van der Waals surface area contributed by atoms with Gasteiger partial charge in [0.15, 0.2) is 0 Å². The van der Waals surface area contributed by atoms with Crippen LogP contribution in [0, 0.1) is 0 Å². The van der Waals surface area contributed by atoms with Crippen molar-refractivity contribution in [1.82, 2.24) is 4.68 Å². The van der Waals surface area contributed by atoms with Gasteiger partial charge in [-0.1, -0.05) is 6.08 Å². The van der Waals surface area contributed by atoms with Gasteiger partial charge < -0.3 is 4.74 Å². The zero-order valence-corrected chi connectivity index (χ0v) is 16.8. The molecule has 2 aromatic heterocycles. The van der Waals surface area contributed by atoms with Gasteiger partial charge in [0.1, 0.15) is 5.75 Å². The summed E-state index contributed by atoms with van der Waals surface area (Å²) in [6, 6.07) is 11.9. The van der Waals surface area contributed by atoms with Crippen LogP contribution in [0.2, 0.25) is 0 Å². The third-order valence-corrected chi connectivity index (χ3v) is 5.80. The van der Waals surface area contributed by atoms with Crippen molar-refractivity contribution >= 4 is 44.8 Å². The Morgan fingerprint density at radius 2 is 2.04 bits per heavy atom. The molecule has 7 heteroatoms. The molecule has 0 fully saturated rings. The maximum Gasteiger partial charge on any atom is 0.206 e. The molecule has 0 atom stereocenters. The lowest BCUT2D eigenvalue weighted by Gasteiger charge is -2.02. The number of hydrogen-bond donors (Lipinski definition) is 0. The fraction of sp³-hybridized carbons (Fsp3) is 0.111. The predicted molar refractivity (Wildman–Crippen MR) is 110 cm³/mol. The van der Waals surface area contributed by atoms with Crippen molar-refractivity contribution in [3.63, 3.8) is 0 Å². The first-order chi connectivity index (χ1) is 12.2. The molecule has 128 valence electrons. The van der Waals surface area contributed by atoms with Gasteiger partial charge in [-0.25, -0.2) is 4.68 Å². The van der Waals surface area contributed by atoms with E-state index in [9.17, 15) is 0 Å². The van der Waals surface area contributed by atoms with Gasteiger partial charge in [-0.2, -0.15) is 5.10 Å². The number of methoxy groups -OCH3 is 1. The van der Waals surface area contributed by atoms with Crippen molar-refractivity contribution < 1.29 is 4.74 Å². The van der Waals surface area contributed by atoms with E-state index in [2.05, 4.69) is 44.0 Å². The molecule has 4 nitrogen and oxygen atoms in total. The van der Waals surface area contributed by atoms with Gasteiger partial charge in [-0.15, -0.1) is 29.3 Å². The minimum absolute atomic E-state index is 0.562. The molecule has 0 N–H and O–H groups in total. The van der Waals surface area contributed by atoms with Crippen LogP contribution in [0.5, 0.6) is 5.75 Å². The average Bonchev–Trinajstić information content (AvgIpc) is 3.24. The van der Waals surface area contributed by atoms with Crippen LogP contribution in [0.25, 0.3) is 10.6 Å². The van der Waals surface area contributed by atoms with Crippen molar-refractivity contribution in [3.8, 4) is 16.3 Å². The van der Waals surface area contributed by atoms with E-state index in [1.807, 2.05) is 41.2 Å². The SMILES string of the molecule is C=CCN=c1scc(-c2ccc(Br)s2)n1/N=C/c1ccc(OC)cc1. The summed E-state index contributed by atoms with van der Waals surface area (Å²) in [6.07, 6.45) is 3.60. The number of aromatic nitrogens is 1. The lowest BCUT2D eigenvalue weighted by Crippen LogP contribution is -2.12. The highest BCUT2D eigenvalue weighted by atomic mass is 79.9. The van der Waals surface area contributed by atoms with Crippen LogP contribution in [-0.4, -0.2) is 24.5 Å². The van der Waals surface area contributed by atoms with Gasteiger partial charge in [0, 0.05) is 5.38 Å². The Morgan fingerprint density at radius 1 is 1.24 bits per heavy atom. The van der Waals surface area contributed by atoms with Gasteiger partial charge in [0.2, 0.25) is 4.80 Å². The molecule has 1 aromatic carbocycles. The fourth-order valence-electron chi connectivity index (χ4n) is 2.10. The highest BCUT2D eigenvalue weighted by Gasteiger charge is 2.09. The number of thiazole rings is 1. The van der Waals surface area contributed by atoms with Crippen molar-refractivity contribution in [2.24, 2.45) is 10.1 Å². The maximum absolute atomic E-state index is 5.19. The monoisotopic (exact) mass is 433 g/mol. The summed E-state index contributed by atoms with van der Waals surface area (Å²) in [6.45, 7) is 4.29. The smallest absolute Gasteiger partial charge is 0.206 e. The van der Waals surface area contributed by atoms with E-state index in [4.69, 9.17) is 4.74 Å². The second-order valence-electron chi connectivity index (χ2n) is 4.97. The van der Waals surface area contributed by atoms with Gasteiger partial charge >= 0.3 is 0 Å².